The lowest BCUT2D eigenvalue weighted by Crippen LogP contribution is -2.49. The van der Waals surface area contributed by atoms with Crippen LogP contribution in [-0.4, -0.2) is 56.0 Å². The Morgan fingerprint density at radius 3 is 2.45 bits per heavy atom. The van der Waals surface area contributed by atoms with Crippen molar-refractivity contribution in [2.75, 3.05) is 40.3 Å². The molecule has 1 aromatic carbocycles. The van der Waals surface area contributed by atoms with Gasteiger partial charge in [0, 0.05) is 40.3 Å². The lowest BCUT2D eigenvalue weighted by Gasteiger charge is -2.35. The Morgan fingerprint density at radius 1 is 1.27 bits per heavy atom. The molecule has 1 amide bonds. The van der Waals surface area contributed by atoms with E-state index >= 15 is 0 Å². The van der Waals surface area contributed by atoms with Gasteiger partial charge in [-0.05, 0) is 17.7 Å². The highest BCUT2D eigenvalue weighted by Gasteiger charge is 2.34. The summed E-state index contributed by atoms with van der Waals surface area (Å²) >= 11 is 0. The third-order valence-electron chi connectivity index (χ3n) is 3.72. The first-order valence-electron chi connectivity index (χ1n) is 7.14. The van der Waals surface area contributed by atoms with Crippen LogP contribution in [0.1, 0.15) is 17.2 Å². The van der Waals surface area contributed by atoms with E-state index < -0.39 is 17.8 Å². The SMILES string of the molecule is CN(C)C(=O)C(c1cccc(C(F)(F)F)c1)N1CCNCC1. The van der Waals surface area contributed by atoms with Crippen molar-refractivity contribution in [1.82, 2.24) is 15.1 Å². The van der Waals surface area contributed by atoms with E-state index in [1.54, 1.807) is 20.2 Å². The van der Waals surface area contributed by atoms with Crippen LogP contribution in [0.15, 0.2) is 24.3 Å². The Kier molecular flexibility index (Phi) is 5.08. The van der Waals surface area contributed by atoms with Crippen LogP contribution in [0.25, 0.3) is 0 Å². The second-order valence-electron chi connectivity index (χ2n) is 5.54. The number of rotatable bonds is 3. The fourth-order valence-electron chi connectivity index (χ4n) is 2.58. The minimum absolute atomic E-state index is 0.207. The predicted octanol–water partition coefficient (Wildman–Crippen LogP) is 1.74. The Morgan fingerprint density at radius 2 is 1.91 bits per heavy atom. The molecule has 1 aliphatic heterocycles. The van der Waals surface area contributed by atoms with Gasteiger partial charge >= 0.3 is 6.18 Å². The summed E-state index contributed by atoms with van der Waals surface area (Å²) in [6.45, 7) is 2.69. The molecule has 4 nitrogen and oxygen atoms in total. The molecular weight excluding hydrogens is 295 g/mol. The molecule has 0 radical (unpaired) electrons. The molecule has 2 rings (SSSR count). The van der Waals surface area contributed by atoms with E-state index in [4.69, 9.17) is 0 Å². The Labute approximate surface area is 127 Å². The van der Waals surface area contributed by atoms with Gasteiger partial charge in [0.2, 0.25) is 5.91 Å². The van der Waals surface area contributed by atoms with Gasteiger partial charge in [-0.3, -0.25) is 9.69 Å². The molecule has 1 N–H and O–H groups in total. The van der Waals surface area contributed by atoms with E-state index in [2.05, 4.69) is 5.32 Å². The van der Waals surface area contributed by atoms with Gasteiger partial charge in [-0.1, -0.05) is 12.1 Å². The van der Waals surface area contributed by atoms with Crippen LogP contribution in [0.4, 0.5) is 13.2 Å². The number of hydrogen-bond acceptors (Lipinski definition) is 3. The maximum atomic E-state index is 12.9. The zero-order chi connectivity index (χ0) is 16.3. The molecule has 122 valence electrons. The summed E-state index contributed by atoms with van der Waals surface area (Å²) in [5, 5.41) is 3.18. The van der Waals surface area contributed by atoms with E-state index in [-0.39, 0.29) is 5.91 Å². The Bertz CT molecular complexity index is 525. The van der Waals surface area contributed by atoms with Crippen LogP contribution in [0, 0.1) is 0 Å². The maximum Gasteiger partial charge on any atom is 0.416 e. The van der Waals surface area contributed by atoms with Crippen molar-refractivity contribution < 1.29 is 18.0 Å². The largest absolute Gasteiger partial charge is 0.416 e. The summed E-state index contributed by atoms with van der Waals surface area (Å²) in [5.74, 6) is -0.207. The number of nitrogens with one attached hydrogen (secondary N) is 1. The van der Waals surface area contributed by atoms with Crippen LogP contribution >= 0.6 is 0 Å². The van der Waals surface area contributed by atoms with Crippen molar-refractivity contribution in [3.8, 4) is 0 Å². The molecule has 0 spiro atoms. The van der Waals surface area contributed by atoms with Crippen molar-refractivity contribution in [2.45, 2.75) is 12.2 Å². The number of alkyl halides is 3. The van der Waals surface area contributed by atoms with Crippen LogP contribution in [0.3, 0.4) is 0 Å². The number of benzene rings is 1. The molecule has 1 unspecified atom stereocenters. The molecule has 0 aliphatic carbocycles. The fourth-order valence-corrected chi connectivity index (χ4v) is 2.58. The van der Waals surface area contributed by atoms with Crippen molar-refractivity contribution in [3.63, 3.8) is 0 Å². The summed E-state index contributed by atoms with van der Waals surface area (Å²) in [6, 6.07) is 4.37. The van der Waals surface area contributed by atoms with Gasteiger partial charge in [0.25, 0.3) is 0 Å². The number of halogens is 3. The van der Waals surface area contributed by atoms with Gasteiger partial charge in [-0.15, -0.1) is 0 Å². The first-order valence-corrected chi connectivity index (χ1v) is 7.14. The number of hydrogen-bond donors (Lipinski definition) is 1. The monoisotopic (exact) mass is 315 g/mol. The third-order valence-corrected chi connectivity index (χ3v) is 3.72. The van der Waals surface area contributed by atoms with Crippen LogP contribution < -0.4 is 5.32 Å². The van der Waals surface area contributed by atoms with Gasteiger partial charge in [0.1, 0.15) is 6.04 Å². The zero-order valence-corrected chi connectivity index (χ0v) is 12.7. The average Bonchev–Trinajstić information content (AvgIpc) is 2.48. The number of nitrogens with zero attached hydrogens (tertiary/aromatic N) is 2. The van der Waals surface area contributed by atoms with E-state index in [9.17, 15) is 18.0 Å². The van der Waals surface area contributed by atoms with Gasteiger partial charge in [-0.2, -0.15) is 13.2 Å². The minimum atomic E-state index is -4.41. The van der Waals surface area contributed by atoms with Crippen LogP contribution in [-0.2, 0) is 11.0 Å². The molecule has 0 aromatic heterocycles. The van der Waals surface area contributed by atoms with E-state index in [1.807, 2.05) is 4.90 Å². The van der Waals surface area contributed by atoms with Crippen molar-refractivity contribution in [2.24, 2.45) is 0 Å². The molecule has 22 heavy (non-hydrogen) atoms. The maximum absolute atomic E-state index is 12.9. The summed E-state index contributed by atoms with van der Waals surface area (Å²) in [5.41, 5.74) is -0.341. The first-order chi connectivity index (χ1) is 10.3. The smallest absolute Gasteiger partial charge is 0.347 e. The topological polar surface area (TPSA) is 35.6 Å². The van der Waals surface area contributed by atoms with Crippen molar-refractivity contribution >= 4 is 5.91 Å². The molecule has 7 heteroatoms. The lowest BCUT2D eigenvalue weighted by molar-refractivity contribution is -0.138. The Balaban J connectivity index is 2.38. The zero-order valence-electron chi connectivity index (χ0n) is 12.7. The average molecular weight is 315 g/mol. The normalized spacial score (nSPS) is 18.0. The van der Waals surface area contributed by atoms with Gasteiger partial charge in [0.05, 0.1) is 5.56 Å². The van der Waals surface area contributed by atoms with Gasteiger partial charge in [-0.25, -0.2) is 0 Å². The Hall–Kier alpha value is -1.60. The molecule has 1 aliphatic rings. The number of piperazine rings is 1. The van der Waals surface area contributed by atoms with Gasteiger partial charge in [0.15, 0.2) is 0 Å². The van der Waals surface area contributed by atoms with E-state index in [1.165, 1.54) is 11.0 Å². The molecule has 1 aromatic rings. The molecule has 1 heterocycles. The molecule has 1 atom stereocenters. The number of amides is 1. The molecule has 0 bridgehead atoms. The number of likely N-dealkylation sites (N-methyl/N-ethyl adjacent to an activating group) is 1. The fraction of sp³-hybridized carbons (Fsp3) is 0.533. The highest BCUT2D eigenvalue weighted by molar-refractivity contribution is 5.83. The standard InChI is InChI=1S/C15H20F3N3O/c1-20(2)14(22)13(21-8-6-19-7-9-21)11-4-3-5-12(10-11)15(16,17)18/h3-5,10,13,19H,6-9H2,1-2H3. The molecule has 0 saturated carbocycles. The van der Waals surface area contributed by atoms with Gasteiger partial charge < -0.3 is 10.2 Å². The molecular formula is C15H20F3N3O. The quantitative estimate of drug-likeness (QED) is 0.923. The minimum Gasteiger partial charge on any atom is -0.347 e. The third kappa shape index (κ3) is 3.78. The molecule has 1 saturated heterocycles. The van der Waals surface area contributed by atoms with Crippen molar-refractivity contribution in [3.05, 3.63) is 35.4 Å². The second-order valence-corrected chi connectivity index (χ2v) is 5.54. The predicted molar refractivity (Wildman–Crippen MR) is 77.3 cm³/mol. The summed E-state index contributed by atoms with van der Waals surface area (Å²) in [7, 11) is 3.23. The van der Waals surface area contributed by atoms with Crippen molar-refractivity contribution in [1.29, 1.82) is 0 Å². The van der Waals surface area contributed by atoms with E-state index in [0.717, 1.165) is 25.2 Å². The number of carbonyl (C=O) groups is 1. The van der Waals surface area contributed by atoms with Crippen LogP contribution in [0.5, 0.6) is 0 Å². The highest BCUT2D eigenvalue weighted by Crippen LogP contribution is 2.32. The van der Waals surface area contributed by atoms with E-state index in [0.29, 0.717) is 18.7 Å². The number of carbonyl (C=O) groups excluding carboxylic acids is 1. The highest BCUT2D eigenvalue weighted by atomic mass is 19.4. The second kappa shape index (κ2) is 6.66. The summed E-state index contributed by atoms with van der Waals surface area (Å²) < 4.78 is 38.7. The summed E-state index contributed by atoms with van der Waals surface area (Å²) in [6.07, 6.45) is -4.41. The first kappa shape index (κ1) is 16.8. The van der Waals surface area contributed by atoms with Crippen LogP contribution in [0.2, 0.25) is 0 Å². The molecule has 1 fully saturated rings. The lowest BCUT2D eigenvalue weighted by atomic mass is 10.0. The summed E-state index contributed by atoms with van der Waals surface area (Å²) in [4.78, 5) is 15.8.